The molecule has 5 nitrogen and oxygen atoms in total. The standard InChI is InChI=1S/C13H23N5S/c1-4-7-10-11-12(17(2)16-10)18(13(14)15-11)8-5-6-9-19-3/h4-9H2,1-3H3,(H2,14,15). The summed E-state index contributed by atoms with van der Waals surface area (Å²) in [6.45, 7) is 3.08. The van der Waals surface area contributed by atoms with Crippen LogP contribution in [0.2, 0.25) is 0 Å². The van der Waals surface area contributed by atoms with Crippen molar-refractivity contribution in [3.05, 3.63) is 5.69 Å². The highest BCUT2D eigenvalue weighted by atomic mass is 32.2. The third-order valence-electron chi connectivity index (χ3n) is 3.29. The molecular formula is C13H23N5S. The van der Waals surface area contributed by atoms with Gasteiger partial charge in [-0.1, -0.05) is 13.3 Å². The highest BCUT2D eigenvalue weighted by molar-refractivity contribution is 7.98. The Labute approximate surface area is 118 Å². The Bertz CT molecular complexity index is 543. The number of hydrogen-bond donors (Lipinski definition) is 1. The largest absolute Gasteiger partial charge is 0.369 e. The van der Waals surface area contributed by atoms with E-state index in [1.165, 1.54) is 12.2 Å². The van der Waals surface area contributed by atoms with Gasteiger partial charge in [0, 0.05) is 13.6 Å². The monoisotopic (exact) mass is 281 g/mol. The van der Waals surface area contributed by atoms with Crippen LogP contribution in [0.4, 0.5) is 5.95 Å². The van der Waals surface area contributed by atoms with Crippen LogP contribution in [0.15, 0.2) is 0 Å². The predicted octanol–water partition coefficient (Wildman–Crippen LogP) is 2.45. The molecule has 0 amide bonds. The molecule has 0 spiro atoms. The Hall–Kier alpha value is -1.17. The minimum absolute atomic E-state index is 0.615. The summed E-state index contributed by atoms with van der Waals surface area (Å²) in [5.74, 6) is 1.81. The smallest absolute Gasteiger partial charge is 0.202 e. The molecule has 2 N–H and O–H groups in total. The number of fused-ring (bicyclic) bond motifs is 1. The van der Waals surface area contributed by atoms with Crippen LogP contribution in [0.1, 0.15) is 31.9 Å². The van der Waals surface area contributed by atoms with Gasteiger partial charge in [-0.05, 0) is 31.3 Å². The van der Waals surface area contributed by atoms with Gasteiger partial charge in [0.2, 0.25) is 5.95 Å². The van der Waals surface area contributed by atoms with Crippen molar-refractivity contribution in [1.82, 2.24) is 19.3 Å². The van der Waals surface area contributed by atoms with E-state index in [1.54, 1.807) is 0 Å². The molecule has 6 heteroatoms. The fraction of sp³-hybridized carbons (Fsp3) is 0.692. The van der Waals surface area contributed by atoms with Crippen molar-refractivity contribution >= 4 is 28.9 Å². The predicted molar refractivity (Wildman–Crippen MR) is 82.5 cm³/mol. The molecule has 106 valence electrons. The van der Waals surface area contributed by atoms with Crippen LogP contribution < -0.4 is 5.73 Å². The summed E-state index contributed by atoms with van der Waals surface area (Å²) in [4.78, 5) is 4.50. The molecule has 2 aromatic rings. The fourth-order valence-corrected chi connectivity index (χ4v) is 2.89. The number of aromatic nitrogens is 4. The van der Waals surface area contributed by atoms with E-state index in [0.717, 1.165) is 42.7 Å². The molecule has 0 unspecified atom stereocenters. The summed E-state index contributed by atoms with van der Waals surface area (Å²) in [5.41, 5.74) is 9.16. The molecule has 0 radical (unpaired) electrons. The number of thioether (sulfide) groups is 1. The molecule has 0 aliphatic carbocycles. The SMILES string of the molecule is CCCc1nn(C)c2c1nc(N)n2CCCCSC. The Morgan fingerprint density at radius 2 is 2.11 bits per heavy atom. The van der Waals surface area contributed by atoms with E-state index in [9.17, 15) is 0 Å². The lowest BCUT2D eigenvalue weighted by molar-refractivity contribution is 0.631. The molecule has 0 aliphatic heterocycles. The van der Waals surface area contributed by atoms with Gasteiger partial charge in [0.25, 0.3) is 0 Å². The second-order valence-corrected chi connectivity index (χ2v) is 5.80. The van der Waals surface area contributed by atoms with Crippen LogP contribution in [-0.2, 0) is 20.0 Å². The maximum atomic E-state index is 6.05. The van der Waals surface area contributed by atoms with Crippen molar-refractivity contribution in [2.24, 2.45) is 7.05 Å². The summed E-state index contributed by atoms with van der Waals surface area (Å²) < 4.78 is 4.01. The number of unbranched alkanes of at least 4 members (excludes halogenated alkanes) is 1. The van der Waals surface area contributed by atoms with Crippen molar-refractivity contribution in [3.8, 4) is 0 Å². The fourth-order valence-electron chi connectivity index (χ4n) is 2.40. The van der Waals surface area contributed by atoms with Gasteiger partial charge in [0.1, 0.15) is 5.52 Å². The first kappa shape index (κ1) is 14.2. The number of rotatable bonds is 7. The molecule has 19 heavy (non-hydrogen) atoms. The maximum Gasteiger partial charge on any atom is 0.202 e. The molecule has 0 saturated carbocycles. The third kappa shape index (κ3) is 2.88. The van der Waals surface area contributed by atoms with Crippen molar-refractivity contribution < 1.29 is 0 Å². The highest BCUT2D eigenvalue weighted by Crippen LogP contribution is 2.22. The van der Waals surface area contributed by atoms with E-state index in [0.29, 0.717) is 5.95 Å². The first-order chi connectivity index (χ1) is 9.19. The van der Waals surface area contributed by atoms with Gasteiger partial charge in [-0.25, -0.2) is 4.98 Å². The Kier molecular flexibility index (Phi) is 4.74. The summed E-state index contributed by atoms with van der Waals surface area (Å²) in [6.07, 6.45) is 6.51. The van der Waals surface area contributed by atoms with Crippen molar-refractivity contribution in [1.29, 1.82) is 0 Å². The van der Waals surface area contributed by atoms with Crippen LogP contribution in [0.3, 0.4) is 0 Å². The minimum atomic E-state index is 0.615. The molecule has 2 aromatic heterocycles. The number of nitrogens with zero attached hydrogens (tertiary/aromatic N) is 4. The zero-order valence-electron chi connectivity index (χ0n) is 12.0. The first-order valence-corrected chi connectivity index (χ1v) is 8.25. The second-order valence-electron chi connectivity index (χ2n) is 4.81. The summed E-state index contributed by atoms with van der Waals surface area (Å²) >= 11 is 1.89. The number of nitrogens with two attached hydrogens (primary N) is 1. The molecule has 0 aliphatic rings. The lowest BCUT2D eigenvalue weighted by atomic mass is 10.2. The van der Waals surface area contributed by atoms with E-state index < -0.39 is 0 Å². The van der Waals surface area contributed by atoms with Gasteiger partial charge in [0.05, 0.1) is 5.69 Å². The number of imidazole rings is 1. The molecule has 2 heterocycles. The second kappa shape index (κ2) is 6.32. The summed E-state index contributed by atoms with van der Waals surface area (Å²) in [7, 11) is 1.97. The molecule has 0 saturated heterocycles. The van der Waals surface area contributed by atoms with Crippen LogP contribution in [-0.4, -0.2) is 31.3 Å². The summed E-state index contributed by atoms with van der Waals surface area (Å²) in [5, 5.41) is 4.56. The first-order valence-electron chi connectivity index (χ1n) is 6.85. The topological polar surface area (TPSA) is 61.7 Å². The average Bonchev–Trinajstić information content (AvgIpc) is 2.85. The van der Waals surface area contributed by atoms with Crippen molar-refractivity contribution in [2.45, 2.75) is 39.2 Å². The molecular weight excluding hydrogens is 258 g/mol. The van der Waals surface area contributed by atoms with Gasteiger partial charge < -0.3 is 5.73 Å². The van der Waals surface area contributed by atoms with Crippen molar-refractivity contribution in [3.63, 3.8) is 0 Å². The van der Waals surface area contributed by atoms with Crippen LogP contribution >= 0.6 is 11.8 Å². The van der Waals surface area contributed by atoms with Gasteiger partial charge in [-0.2, -0.15) is 16.9 Å². The van der Waals surface area contributed by atoms with Crippen molar-refractivity contribution in [2.75, 3.05) is 17.7 Å². The zero-order valence-corrected chi connectivity index (χ0v) is 12.8. The summed E-state index contributed by atoms with van der Waals surface area (Å²) in [6, 6.07) is 0. The lowest BCUT2D eigenvalue weighted by Gasteiger charge is -2.06. The number of nitrogen functional groups attached to an aromatic ring is 1. The van der Waals surface area contributed by atoms with Crippen LogP contribution in [0.25, 0.3) is 11.2 Å². The zero-order chi connectivity index (χ0) is 13.8. The van der Waals surface area contributed by atoms with Gasteiger partial charge in [-0.3, -0.25) is 9.25 Å². The highest BCUT2D eigenvalue weighted by Gasteiger charge is 2.16. The van der Waals surface area contributed by atoms with E-state index >= 15 is 0 Å². The molecule has 2 rings (SSSR count). The normalized spacial score (nSPS) is 11.5. The molecule has 0 bridgehead atoms. The Morgan fingerprint density at radius 1 is 1.32 bits per heavy atom. The molecule has 0 fully saturated rings. The minimum Gasteiger partial charge on any atom is -0.369 e. The lowest BCUT2D eigenvalue weighted by Crippen LogP contribution is -2.07. The Balaban J connectivity index is 2.25. The van der Waals surface area contributed by atoms with Crippen LogP contribution in [0.5, 0.6) is 0 Å². The average molecular weight is 281 g/mol. The van der Waals surface area contributed by atoms with Gasteiger partial charge >= 0.3 is 0 Å². The maximum absolute atomic E-state index is 6.05. The quantitative estimate of drug-likeness (QED) is 0.792. The third-order valence-corrected chi connectivity index (χ3v) is 3.98. The van der Waals surface area contributed by atoms with E-state index in [-0.39, 0.29) is 0 Å². The molecule has 0 atom stereocenters. The number of hydrogen-bond acceptors (Lipinski definition) is 4. The molecule has 0 aromatic carbocycles. The number of aryl methyl sites for hydroxylation is 3. The number of anilines is 1. The van der Waals surface area contributed by atoms with Gasteiger partial charge in [0.15, 0.2) is 5.65 Å². The van der Waals surface area contributed by atoms with E-state index in [2.05, 4.69) is 27.8 Å². The van der Waals surface area contributed by atoms with Crippen LogP contribution in [0, 0.1) is 0 Å². The Morgan fingerprint density at radius 3 is 2.79 bits per heavy atom. The van der Waals surface area contributed by atoms with E-state index in [1.807, 2.05) is 23.5 Å². The van der Waals surface area contributed by atoms with Gasteiger partial charge in [-0.15, -0.1) is 0 Å². The van der Waals surface area contributed by atoms with E-state index in [4.69, 9.17) is 5.73 Å².